The first kappa shape index (κ1) is 18.8. The molecule has 1 fully saturated rings. The van der Waals surface area contributed by atoms with E-state index in [0.29, 0.717) is 40.1 Å². The Hall–Kier alpha value is -2.55. The number of hydrogen-bond acceptors (Lipinski definition) is 9. The number of aromatic nitrogens is 4. The Kier molecular flexibility index (Phi) is 5.80. The lowest BCUT2D eigenvalue weighted by Gasteiger charge is -2.17. The van der Waals surface area contributed by atoms with Crippen molar-refractivity contribution in [2.45, 2.75) is 49.0 Å². The monoisotopic (exact) mass is 402 g/mol. The standard InChI is InChI=1S/C19H22N4O4S/c1-24-14-9-8-13(10-15(14)25-2)17-20-16(27-23-17)11-28-19-22-21-18(26-19)12-6-4-3-5-7-12/h8-10,12H,3-7,11H2,1-2H3. The van der Waals surface area contributed by atoms with Gasteiger partial charge in [-0.15, -0.1) is 10.2 Å². The van der Waals surface area contributed by atoms with Crippen molar-refractivity contribution < 1.29 is 18.4 Å². The van der Waals surface area contributed by atoms with Crippen LogP contribution in [-0.4, -0.2) is 34.6 Å². The Balaban J connectivity index is 1.39. The molecule has 0 amide bonds. The first-order chi connectivity index (χ1) is 13.8. The van der Waals surface area contributed by atoms with Crippen molar-refractivity contribution in [3.05, 3.63) is 30.0 Å². The van der Waals surface area contributed by atoms with Crippen molar-refractivity contribution in [2.24, 2.45) is 0 Å². The zero-order valence-electron chi connectivity index (χ0n) is 15.9. The predicted molar refractivity (Wildman–Crippen MR) is 103 cm³/mol. The molecule has 1 saturated carbocycles. The molecule has 4 rings (SSSR count). The normalized spacial score (nSPS) is 14.9. The van der Waals surface area contributed by atoms with Crippen LogP contribution in [0, 0.1) is 0 Å². The molecule has 0 unspecified atom stereocenters. The molecule has 0 radical (unpaired) electrons. The molecule has 0 spiro atoms. The molecule has 9 heteroatoms. The maximum Gasteiger partial charge on any atom is 0.277 e. The van der Waals surface area contributed by atoms with Crippen LogP contribution in [0.4, 0.5) is 0 Å². The summed E-state index contributed by atoms with van der Waals surface area (Å²) in [5.74, 6) is 3.86. The second kappa shape index (κ2) is 8.64. The van der Waals surface area contributed by atoms with Gasteiger partial charge in [-0.25, -0.2) is 0 Å². The van der Waals surface area contributed by atoms with Crippen molar-refractivity contribution in [1.29, 1.82) is 0 Å². The molecule has 2 aromatic heterocycles. The minimum Gasteiger partial charge on any atom is -0.493 e. The molecular formula is C19H22N4O4S. The van der Waals surface area contributed by atoms with Gasteiger partial charge in [0.15, 0.2) is 11.5 Å². The molecule has 0 aliphatic heterocycles. The molecule has 3 aromatic rings. The Bertz CT molecular complexity index is 920. The van der Waals surface area contributed by atoms with Crippen LogP contribution in [0.1, 0.15) is 49.8 Å². The molecule has 1 aliphatic rings. The third-order valence-corrected chi connectivity index (χ3v) is 5.61. The third kappa shape index (κ3) is 4.14. The SMILES string of the molecule is COc1ccc(-c2noc(CSc3nnc(C4CCCCC4)o3)n2)cc1OC. The zero-order chi connectivity index (χ0) is 19.3. The van der Waals surface area contributed by atoms with Crippen molar-refractivity contribution in [3.8, 4) is 22.9 Å². The smallest absolute Gasteiger partial charge is 0.277 e. The van der Waals surface area contributed by atoms with E-state index >= 15 is 0 Å². The van der Waals surface area contributed by atoms with Gasteiger partial charge in [0.2, 0.25) is 17.6 Å². The molecule has 0 saturated heterocycles. The van der Waals surface area contributed by atoms with E-state index in [9.17, 15) is 0 Å². The average Bonchev–Trinajstić information content (AvgIpc) is 3.42. The number of methoxy groups -OCH3 is 2. The van der Waals surface area contributed by atoms with Gasteiger partial charge < -0.3 is 18.4 Å². The summed E-state index contributed by atoms with van der Waals surface area (Å²) in [5.41, 5.74) is 0.787. The van der Waals surface area contributed by atoms with Crippen LogP contribution >= 0.6 is 11.8 Å². The molecule has 28 heavy (non-hydrogen) atoms. The Labute approximate surface area is 167 Å². The first-order valence-electron chi connectivity index (χ1n) is 9.28. The third-order valence-electron chi connectivity index (χ3n) is 4.81. The highest BCUT2D eigenvalue weighted by molar-refractivity contribution is 7.98. The van der Waals surface area contributed by atoms with Crippen LogP contribution in [0.2, 0.25) is 0 Å². The summed E-state index contributed by atoms with van der Waals surface area (Å²) in [6.45, 7) is 0. The number of ether oxygens (including phenoxy) is 2. The number of benzene rings is 1. The molecule has 0 atom stereocenters. The van der Waals surface area contributed by atoms with Crippen LogP contribution in [0.3, 0.4) is 0 Å². The van der Waals surface area contributed by atoms with Gasteiger partial charge in [0.25, 0.3) is 5.22 Å². The van der Waals surface area contributed by atoms with Crippen LogP contribution in [0.25, 0.3) is 11.4 Å². The van der Waals surface area contributed by atoms with Gasteiger partial charge in [-0.1, -0.05) is 36.2 Å². The minimum absolute atomic E-state index is 0.399. The highest BCUT2D eigenvalue weighted by atomic mass is 32.2. The van der Waals surface area contributed by atoms with Gasteiger partial charge in [0, 0.05) is 11.5 Å². The Morgan fingerprint density at radius 2 is 1.89 bits per heavy atom. The molecular weight excluding hydrogens is 380 g/mol. The Morgan fingerprint density at radius 1 is 1.07 bits per heavy atom. The highest BCUT2D eigenvalue weighted by Gasteiger charge is 2.21. The van der Waals surface area contributed by atoms with E-state index in [4.69, 9.17) is 18.4 Å². The van der Waals surface area contributed by atoms with Crippen LogP contribution < -0.4 is 9.47 Å². The predicted octanol–water partition coefficient (Wildman–Crippen LogP) is 4.48. The van der Waals surface area contributed by atoms with Crippen molar-refractivity contribution in [1.82, 2.24) is 20.3 Å². The van der Waals surface area contributed by atoms with Gasteiger partial charge >= 0.3 is 0 Å². The lowest BCUT2D eigenvalue weighted by atomic mass is 9.89. The molecule has 0 bridgehead atoms. The fourth-order valence-corrected chi connectivity index (χ4v) is 3.93. The lowest BCUT2D eigenvalue weighted by molar-refractivity contribution is 0.334. The lowest BCUT2D eigenvalue weighted by Crippen LogP contribution is -2.04. The van der Waals surface area contributed by atoms with Gasteiger partial charge in [-0.3, -0.25) is 0 Å². The summed E-state index contributed by atoms with van der Waals surface area (Å²) >= 11 is 1.40. The van der Waals surface area contributed by atoms with Crippen molar-refractivity contribution >= 4 is 11.8 Å². The number of rotatable bonds is 7. The summed E-state index contributed by atoms with van der Waals surface area (Å²) in [6, 6.07) is 5.48. The van der Waals surface area contributed by atoms with E-state index in [-0.39, 0.29) is 0 Å². The average molecular weight is 402 g/mol. The molecule has 8 nitrogen and oxygen atoms in total. The van der Waals surface area contributed by atoms with E-state index in [1.54, 1.807) is 14.2 Å². The van der Waals surface area contributed by atoms with E-state index in [0.717, 1.165) is 24.3 Å². The summed E-state index contributed by atoms with van der Waals surface area (Å²) < 4.78 is 21.7. The molecule has 148 valence electrons. The van der Waals surface area contributed by atoms with E-state index in [2.05, 4.69) is 20.3 Å². The quantitative estimate of drug-likeness (QED) is 0.530. The second-order valence-corrected chi connectivity index (χ2v) is 7.54. The molecule has 1 aromatic carbocycles. The van der Waals surface area contributed by atoms with E-state index in [1.807, 2.05) is 18.2 Å². The number of thioether (sulfide) groups is 1. The Morgan fingerprint density at radius 3 is 2.68 bits per heavy atom. The van der Waals surface area contributed by atoms with Gasteiger partial charge in [0.1, 0.15) is 0 Å². The van der Waals surface area contributed by atoms with Gasteiger partial charge in [-0.2, -0.15) is 4.98 Å². The van der Waals surface area contributed by atoms with Gasteiger partial charge in [-0.05, 0) is 31.0 Å². The van der Waals surface area contributed by atoms with E-state index < -0.39 is 0 Å². The second-order valence-electron chi connectivity index (χ2n) is 6.61. The first-order valence-corrected chi connectivity index (χ1v) is 10.3. The molecule has 1 aliphatic carbocycles. The summed E-state index contributed by atoms with van der Waals surface area (Å²) in [6.07, 6.45) is 6.02. The van der Waals surface area contributed by atoms with Crippen LogP contribution in [0.15, 0.2) is 32.4 Å². The largest absolute Gasteiger partial charge is 0.493 e. The topological polar surface area (TPSA) is 96.3 Å². The highest BCUT2D eigenvalue weighted by Crippen LogP contribution is 2.34. The summed E-state index contributed by atoms with van der Waals surface area (Å²) in [5, 5.41) is 12.9. The maximum atomic E-state index is 5.81. The van der Waals surface area contributed by atoms with Crippen molar-refractivity contribution in [2.75, 3.05) is 14.2 Å². The fraction of sp³-hybridized carbons (Fsp3) is 0.474. The minimum atomic E-state index is 0.399. The van der Waals surface area contributed by atoms with Crippen LogP contribution in [0.5, 0.6) is 11.5 Å². The zero-order valence-corrected chi connectivity index (χ0v) is 16.7. The molecule has 2 heterocycles. The van der Waals surface area contributed by atoms with Crippen LogP contribution in [-0.2, 0) is 5.75 Å². The summed E-state index contributed by atoms with van der Waals surface area (Å²) in [7, 11) is 3.18. The number of hydrogen-bond donors (Lipinski definition) is 0. The van der Waals surface area contributed by atoms with Gasteiger partial charge in [0.05, 0.1) is 20.0 Å². The maximum absolute atomic E-state index is 5.81. The number of nitrogens with zero attached hydrogens (tertiary/aromatic N) is 4. The van der Waals surface area contributed by atoms with Crippen molar-refractivity contribution in [3.63, 3.8) is 0 Å². The fourth-order valence-electron chi connectivity index (χ4n) is 3.32. The summed E-state index contributed by atoms with van der Waals surface area (Å²) in [4.78, 5) is 4.44. The molecule has 0 N–H and O–H groups in total. The van der Waals surface area contributed by atoms with E-state index in [1.165, 1.54) is 31.0 Å².